The van der Waals surface area contributed by atoms with E-state index in [0.717, 1.165) is 34.2 Å². The molecule has 11 nitrogen and oxygen atoms in total. The minimum Gasteiger partial charge on any atom is -0.495 e. The van der Waals surface area contributed by atoms with Crippen LogP contribution < -0.4 is 25.4 Å². The summed E-state index contributed by atoms with van der Waals surface area (Å²) in [5, 5.41) is 19.3. The molecule has 3 aliphatic rings. The van der Waals surface area contributed by atoms with E-state index in [0.29, 0.717) is 67.5 Å². The van der Waals surface area contributed by atoms with Crippen LogP contribution in [-0.4, -0.2) is 71.7 Å². The van der Waals surface area contributed by atoms with Crippen LogP contribution >= 0.6 is 11.6 Å². The van der Waals surface area contributed by atoms with E-state index in [1.165, 1.54) is 13.2 Å². The number of carbonyl (C=O) groups excluding carboxylic acids is 1. The molecule has 55 heavy (non-hydrogen) atoms. The summed E-state index contributed by atoms with van der Waals surface area (Å²) in [6.45, 7) is 1.86. The number of alkyl halides is 3. The van der Waals surface area contributed by atoms with Crippen molar-refractivity contribution in [1.82, 2.24) is 25.5 Å². The van der Waals surface area contributed by atoms with E-state index in [-0.39, 0.29) is 42.2 Å². The number of fused-ring (bicyclic) bond motifs is 1. The second kappa shape index (κ2) is 16.0. The molecule has 0 unspecified atom stereocenters. The first kappa shape index (κ1) is 38.4. The van der Waals surface area contributed by atoms with E-state index in [1.54, 1.807) is 12.0 Å². The van der Waals surface area contributed by atoms with Gasteiger partial charge in [0.05, 0.1) is 48.3 Å². The molecule has 2 aromatic heterocycles. The number of carboxylic acid groups (broad SMARTS) is 1. The van der Waals surface area contributed by atoms with Gasteiger partial charge in [0, 0.05) is 61.4 Å². The maximum absolute atomic E-state index is 14.5. The molecule has 2 saturated heterocycles. The van der Waals surface area contributed by atoms with Crippen molar-refractivity contribution in [3.63, 3.8) is 0 Å². The number of hydrogen-bond acceptors (Lipinski definition) is 9. The number of anilines is 1. The Morgan fingerprint density at radius 3 is 2.51 bits per heavy atom. The monoisotopic (exact) mass is 778 g/mol. The third-order valence-electron chi connectivity index (χ3n) is 10.6. The van der Waals surface area contributed by atoms with Crippen LogP contribution in [0.25, 0.3) is 22.4 Å². The van der Waals surface area contributed by atoms with Gasteiger partial charge in [-0.3, -0.25) is 14.5 Å². The fourth-order valence-corrected chi connectivity index (χ4v) is 8.19. The van der Waals surface area contributed by atoms with Gasteiger partial charge < -0.3 is 30.5 Å². The second-order valence-electron chi connectivity index (χ2n) is 14.2. The predicted octanol–water partition coefficient (Wildman–Crippen LogP) is 6.87. The normalized spacial score (nSPS) is 19.7. The number of pyridine rings is 2. The summed E-state index contributed by atoms with van der Waals surface area (Å²) < 4.78 is 54.8. The number of amides is 1. The van der Waals surface area contributed by atoms with Crippen LogP contribution in [0.4, 0.5) is 18.9 Å². The van der Waals surface area contributed by atoms with Crippen LogP contribution in [0.15, 0.2) is 54.6 Å². The van der Waals surface area contributed by atoms with E-state index in [1.807, 2.05) is 48.5 Å². The lowest BCUT2D eigenvalue weighted by Gasteiger charge is -2.23. The van der Waals surface area contributed by atoms with Crippen molar-refractivity contribution in [3.8, 4) is 34.0 Å². The van der Waals surface area contributed by atoms with Crippen LogP contribution in [0.1, 0.15) is 59.8 Å². The van der Waals surface area contributed by atoms with Crippen molar-refractivity contribution in [3.05, 3.63) is 87.7 Å². The quantitative estimate of drug-likeness (QED) is 0.114. The van der Waals surface area contributed by atoms with Gasteiger partial charge in [-0.15, -0.1) is 0 Å². The van der Waals surface area contributed by atoms with Crippen LogP contribution in [0.5, 0.6) is 11.6 Å². The standard InChI is InChI=1S/C40H42ClF3N6O5/c1-54-34-17-32(37(40(42,43)44)48-33(34)21-50-16-15-23(20-50)39(52)53)47-30-13-11-26-25(5-3-6-27(26)30)28-7-4-8-29(36(28)41)31-12-9-22(38(49-31)55-2)18-45-19-24-10-14-35(51)46-24/h3-9,12,17,23-24,30,45,47H,10-11,13-16,18-21H2,1-2H3,(H,46,51)(H,52,53)/t23-,24+,30+/m1/s1. The molecule has 0 radical (unpaired) electrons. The summed E-state index contributed by atoms with van der Waals surface area (Å²) in [6, 6.07) is 16.3. The van der Waals surface area contributed by atoms with Crippen molar-refractivity contribution >= 4 is 29.2 Å². The number of halogens is 4. The minimum atomic E-state index is -4.75. The number of nitrogens with one attached hydrogen (secondary N) is 3. The molecule has 0 spiro atoms. The zero-order valence-corrected chi connectivity index (χ0v) is 31.2. The maximum Gasteiger partial charge on any atom is 0.435 e. The van der Waals surface area contributed by atoms with Crippen LogP contribution in [-0.2, 0) is 35.3 Å². The molecule has 2 aromatic carbocycles. The number of methoxy groups -OCH3 is 2. The highest BCUT2D eigenvalue weighted by Gasteiger charge is 2.39. The summed E-state index contributed by atoms with van der Waals surface area (Å²) in [6.07, 6.45) is -1.85. The minimum absolute atomic E-state index is 0.0395. The smallest absolute Gasteiger partial charge is 0.435 e. The zero-order chi connectivity index (χ0) is 38.9. The summed E-state index contributed by atoms with van der Waals surface area (Å²) in [5.41, 5.74) is 4.55. The molecule has 4 aromatic rings. The van der Waals surface area contributed by atoms with E-state index in [4.69, 9.17) is 26.1 Å². The molecule has 290 valence electrons. The first-order chi connectivity index (χ1) is 26.4. The SMILES string of the molecule is COc1cc(N[C@H]2CCc3c(-c4cccc(-c5ccc(CNC[C@@H]6CCC(=O)N6)c(OC)n5)c4Cl)cccc32)c(C(F)(F)F)nc1CN1CC[C@@H](C(=O)O)C1. The van der Waals surface area contributed by atoms with E-state index in [2.05, 4.69) is 20.9 Å². The van der Waals surface area contributed by atoms with Crippen molar-refractivity contribution in [1.29, 1.82) is 0 Å². The molecular weight excluding hydrogens is 737 g/mol. The molecule has 1 aliphatic carbocycles. The van der Waals surface area contributed by atoms with Gasteiger partial charge in [-0.25, -0.2) is 9.97 Å². The molecule has 2 aliphatic heterocycles. The predicted molar refractivity (Wildman–Crippen MR) is 201 cm³/mol. The number of ether oxygens (including phenoxy) is 2. The van der Waals surface area contributed by atoms with Crippen molar-refractivity contribution < 1.29 is 37.3 Å². The molecule has 15 heteroatoms. The first-order valence-electron chi connectivity index (χ1n) is 18.2. The largest absolute Gasteiger partial charge is 0.495 e. The van der Waals surface area contributed by atoms with Crippen molar-refractivity contribution in [2.75, 3.05) is 39.2 Å². The maximum atomic E-state index is 14.5. The Labute approximate surface area is 321 Å². The fourth-order valence-electron chi connectivity index (χ4n) is 7.86. The molecule has 2 fully saturated rings. The highest BCUT2D eigenvalue weighted by atomic mass is 35.5. The summed E-state index contributed by atoms with van der Waals surface area (Å²) >= 11 is 7.13. The van der Waals surface area contributed by atoms with Crippen molar-refractivity contribution in [2.45, 2.75) is 63.5 Å². The summed E-state index contributed by atoms with van der Waals surface area (Å²) in [5.74, 6) is -0.775. The van der Waals surface area contributed by atoms with Crippen LogP contribution in [0.3, 0.4) is 0 Å². The Balaban J connectivity index is 1.12. The molecule has 4 N–H and O–H groups in total. The Kier molecular flexibility index (Phi) is 11.2. The van der Waals surface area contributed by atoms with E-state index < -0.39 is 29.8 Å². The van der Waals surface area contributed by atoms with Gasteiger partial charge in [0.15, 0.2) is 5.69 Å². The van der Waals surface area contributed by atoms with Crippen LogP contribution in [0, 0.1) is 5.92 Å². The molecule has 1 amide bonds. The van der Waals surface area contributed by atoms with Gasteiger partial charge in [-0.1, -0.05) is 54.1 Å². The zero-order valence-electron chi connectivity index (χ0n) is 30.4. The van der Waals surface area contributed by atoms with Crippen LogP contribution in [0.2, 0.25) is 5.02 Å². The fraction of sp³-hybridized carbons (Fsp3) is 0.400. The number of hydrogen-bond donors (Lipinski definition) is 4. The topological polar surface area (TPSA) is 138 Å². The lowest BCUT2D eigenvalue weighted by Crippen LogP contribution is -2.35. The van der Waals surface area contributed by atoms with Gasteiger partial charge in [-0.05, 0) is 55.0 Å². The number of carboxylic acids is 1. The number of rotatable bonds is 13. The Hall–Kier alpha value is -4.92. The number of likely N-dealkylation sites (tertiary alicyclic amines) is 1. The molecule has 0 bridgehead atoms. The molecule has 3 atom stereocenters. The average Bonchev–Trinajstić information content (AvgIpc) is 3.92. The molecule has 7 rings (SSSR count). The third-order valence-corrected chi connectivity index (χ3v) is 11.0. The molecule has 0 saturated carbocycles. The highest BCUT2D eigenvalue weighted by Crippen LogP contribution is 2.45. The Morgan fingerprint density at radius 1 is 1.02 bits per heavy atom. The third kappa shape index (κ3) is 8.21. The van der Waals surface area contributed by atoms with Gasteiger partial charge in [0.2, 0.25) is 11.8 Å². The summed E-state index contributed by atoms with van der Waals surface area (Å²) in [4.78, 5) is 33.6. The van der Waals surface area contributed by atoms with E-state index >= 15 is 0 Å². The van der Waals surface area contributed by atoms with Gasteiger partial charge in [-0.2, -0.15) is 13.2 Å². The average molecular weight is 779 g/mol. The molecule has 4 heterocycles. The van der Waals surface area contributed by atoms with Crippen molar-refractivity contribution in [2.24, 2.45) is 5.92 Å². The van der Waals surface area contributed by atoms with Gasteiger partial charge in [0.1, 0.15) is 5.75 Å². The lowest BCUT2D eigenvalue weighted by atomic mass is 9.94. The highest BCUT2D eigenvalue weighted by molar-refractivity contribution is 6.36. The lowest BCUT2D eigenvalue weighted by molar-refractivity contribution is -0.141. The number of carbonyl (C=O) groups is 2. The molecular formula is C40H42ClF3N6O5. The summed E-state index contributed by atoms with van der Waals surface area (Å²) in [7, 11) is 2.95. The Bertz CT molecular complexity index is 2100. The first-order valence-corrected chi connectivity index (χ1v) is 18.6. The number of benzene rings is 2. The second-order valence-corrected chi connectivity index (χ2v) is 14.5. The van der Waals surface area contributed by atoms with Gasteiger partial charge in [0.25, 0.3) is 0 Å². The Morgan fingerprint density at radius 2 is 1.80 bits per heavy atom. The number of aliphatic carboxylic acids is 1. The van der Waals surface area contributed by atoms with Gasteiger partial charge >= 0.3 is 12.1 Å². The number of nitrogens with zero attached hydrogens (tertiary/aromatic N) is 3. The van der Waals surface area contributed by atoms with E-state index in [9.17, 15) is 27.9 Å². The number of aromatic nitrogens is 2.